The number of nitrogens with one attached hydrogen (secondary N) is 1. The summed E-state index contributed by atoms with van der Waals surface area (Å²) in [5, 5.41) is 10.9. The first kappa shape index (κ1) is 21.2. The lowest BCUT2D eigenvalue weighted by molar-refractivity contribution is -0.137. The van der Waals surface area contributed by atoms with Crippen molar-refractivity contribution in [2.24, 2.45) is 0 Å². The van der Waals surface area contributed by atoms with Gasteiger partial charge in [0.1, 0.15) is 0 Å². The van der Waals surface area contributed by atoms with Crippen LogP contribution in [-0.4, -0.2) is 51.5 Å². The van der Waals surface area contributed by atoms with Crippen LogP contribution in [0.1, 0.15) is 35.8 Å². The minimum absolute atomic E-state index is 0. The average Bonchev–Trinajstić information content (AvgIpc) is 3.30. The van der Waals surface area contributed by atoms with Crippen LogP contribution in [-0.2, 0) is 6.18 Å². The fraction of sp³-hybridized carbons (Fsp3) is 0.471. The van der Waals surface area contributed by atoms with Gasteiger partial charge < -0.3 is 10.2 Å². The molecule has 1 atom stereocenters. The molecule has 2 aromatic rings. The molecule has 1 aliphatic rings. The summed E-state index contributed by atoms with van der Waals surface area (Å²) >= 11 is 0. The van der Waals surface area contributed by atoms with E-state index in [1.807, 2.05) is 6.92 Å². The van der Waals surface area contributed by atoms with Crippen molar-refractivity contribution >= 4 is 18.3 Å². The van der Waals surface area contributed by atoms with E-state index in [4.69, 9.17) is 0 Å². The minimum atomic E-state index is -4.44. The highest BCUT2D eigenvalue weighted by Gasteiger charge is 2.31. The van der Waals surface area contributed by atoms with E-state index in [1.54, 1.807) is 4.90 Å². The summed E-state index contributed by atoms with van der Waals surface area (Å²) < 4.78 is 39.8. The van der Waals surface area contributed by atoms with E-state index in [2.05, 4.69) is 15.6 Å². The second kappa shape index (κ2) is 8.71. The van der Waals surface area contributed by atoms with E-state index in [1.165, 1.54) is 23.0 Å². The Bertz CT molecular complexity index is 774. The zero-order valence-corrected chi connectivity index (χ0v) is 15.6. The van der Waals surface area contributed by atoms with Crippen LogP contribution < -0.4 is 5.32 Å². The highest BCUT2D eigenvalue weighted by molar-refractivity contribution is 5.92. The van der Waals surface area contributed by atoms with Gasteiger partial charge in [0, 0.05) is 19.1 Å². The number of nitrogens with zero attached hydrogens (tertiary/aromatic N) is 4. The number of alkyl halides is 3. The number of halogens is 4. The second-order valence-electron chi connectivity index (χ2n) is 6.24. The predicted octanol–water partition coefficient (Wildman–Crippen LogP) is 2.92. The summed E-state index contributed by atoms with van der Waals surface area (Å²) in [5.74, 6) is -0.251. The van der Waals surface area contributed by atoms with Crippen molar-refractivity contribution in [3.8, 4) is 5.69 Å². The van der Waals surface area contributed by atoms with Crippen molar-refractivity contribution in [2.75, 3.05) is 19.6 Å². The lowest BCUT2D eigenvalue weighted by Crippen LogP contribution is -2.42. The van der Waals surface area contributed by atoms with Crippen molar-refractivity contribution < 1.29 is 18.0 Å². The molecule has 1 saturated heterocycles. The van der Waals surface area contributed by atoms with Gasteiger partial charge in [0.25, 0.3) is 5.91 Å². The molecule has 0 radical (unpaired) electrons. The first-order valence-electron chi connectivity index (χ1n) is 8.52. The molecule has 0 saturated carbocycles. The van der Waals surface area contributed by atoms with Gasteiger partial charge in [0.15, 0.2) is 5.69 Å². The highest BCUT2D eigenvalue weighted by Crippen LogP contribution is 2.30. The lowest BCUT2D eigenvalue weighted by Gasteiger charge is -2.27. The molecule has 1 unspecified atom stereocenters. The number of hydrogen-bond acceptors (Lipinski definition) is 4. The maximum atomic E-state index is 12.9. The van der Waals surface area contributed by atoms with Crippen LogP contribution in [0.5, 0.6) is 0 Å². The molecular weight excluding hydrogens is 383 g/mol. The monoisotopic (exact) mass is 403 g/mol. The van der Waals surface area contributed by atoms with Crippen LogP contribution in [0.4, 0.5) is 13.2 Å². The quantitative estimate of drug-likeness (QED) is 0.833. The van der Waals surface area contributed by atoms with Crippen molar-refractivity contribution in [3.05, 3.63) is 41.7 Å². The Kier molecular flexibility index (Phi) is 6.83. The predicted molar refractivity (Wildman–Crippen MR) is 96.2 cm³/mol. The van der Waals surface area contributed by atoms with Gasteiger partial charge in [0.2, 0.25) is 0 Å². The number of hydrogen-bond donors (Lipinski definition) is 1. The molecule has 1 fully saturated rings. The van der Waals surface area contributed by atoms with Gasteiger partial charge >= 0.3 is 6.18 Å². The third-order valence-electron chi connectivity index (χ3n) is 4.35. The van der Waals surface area contributed by atoms with E-state index >= 15 is 0 Å². The molecule has 10 heteroatoms. The molecule has 0 aliphatic carbocycles. The first-order valence-corrected chi connectivity index (χ1v) is 8.52. The summed E-state index contributed by atoms with van der Waals surface area (Å²) in [6, 6.07) is 4.86. The smallest absolute Gasteiger partial charge is 0.333 e. The largest absolute Gasteiger partial charge is 0.416 e. The maximum Gasteiger partial charge on any atom is 0.416 e. The number of amides is 1. The molecule has 6 nitrogen and oxygen atoms in total. The number of carbonyl (C=O) groups excluding carboxylic acids is 1. The van der Waals surface area contributed by atoms with E-state index in [-0.39, 0.29) is 35.7 Å². The Labute approximate surface area is 161 Å². The summed E-state index contributed by atoms with van der Waals surface area (Å²) in [7, 11) is 0. The Morgan fingerprint density at radius 1 is 1.41 bits per heavy atom. The molecule has 1 amide bonds. The van der Waals surface area contributed by atoms with E-state index in [0.717, 1.165) is 38.1 Å². The molecule has 1 aromatic heterocycles. The van der Waals surface area contributed by atoms with Crippen molar-refractivity contribution in [3.63, 3.8) is 0 Å². The van der Waals surface area contributed by atoms with Crippen LogP contribution in [0, 0.1) is 0 Å². The fourth-order valence-electron chi connectivity index (χ4n) is 3.06. The van der Waals surface area contributed by atoms with Crippen molar-refractivity contribution in [1.29, 1.82) is 0 Å². The Morgan fingerprint density at radius 2 is 2.19 bits per heavy atom. The van der Waals surface area contributed by atoms with Crippen LogP contribution in [0.2, 0.25) is 0 Å². The molecule has 2 heterocycles. The zero-order valence-electron chi connectivity index (χ0n) is 14.7. The van der Waals surface area contributed by atoms with Crippen LogP contribution in [0.3, 0.4) is 0 Å². The van der Waals surface area contributed by atoms with Crippen LogP contribution in [0.15, 0.2) is 30.5 Å². The topological polar surface area (TPSA) is 63.1 Å². The second-order valence-corrected chi connectivity index (χ2v) is 6.24. The molecular formula is C17H21ClF3N5O. The van der Waals surface area contributed by atoms with Crippen LogP contribution in [0.25, 0.3) is 5.69 Å². The fourth-order valence-corrected chi connectivity index (χ4v) is 3.06. The third-order valence-corrected chi connectivity index (χ3v) is 4.35. The van der Waals surface area contributed by atoms with Gasteiger partial charge in [-0.3, -0.25) is 4.79 Å². The standard InChI is InChI=1S/C17H20F3N5O.ClH/c1-2-8-24(14-6-7-21-10-14)16(26)15-11-25(23-22-15)13-5-3-4-12(9-13)17(18,19)20;/h3-5,9,11,14,21H,2,6-8,10H2,1H3;1H. The number of carbonyl (C=O) groups is 1. The molecule has 148 valence electrons. The van der Waals surface area contributed by atoms with Crippen molar-refractivity contribution in [1.82, 2.24) is 25.2 Å². The van der Waals surface area contributed by atoms with Gasteiger partial charge in [-0.15, -0.1) is 17.5 Å². The van der Waals surface area contributed by atoms with E-state index in [0.29, 0.717) is 6.54 Å². The maximum absolute atomic E-state index is 12.9. The number of rotatable bonds is 5. The van der Waals surface area contributed by atoms with Gasteiger partial charge in [-0.2, -0.15) is 13.2 Å². The van der Waals surface area contributed by atoms with Gasteiger partial charge in [-0.25, -0.2) is 4.68 Å². The third kappa shape index (κ3) is 4.78. The molecule has 1 N–H and O–H groups in total. The summed E-state index contributed by atoms with van der Waals surface area (Å²) in [6.45, 7) is 4.17. The molecule has 3 rings (SSSR count). The zero-order chi connectivity index (χ0) is 18.7. The molecule has 1 aliphatic heterocycles. The summed E-state index contributed by atoms with van der Waals surface area (Å²) in [6.07, 6.45) is -1.39. The Morgan fingerprint density at radius 3 is 2.81 bits per heavy atom. The lowest BCUT2D eigenvalue weighted by atomic mass is 10.2. The van der Waals surface area contributed by atoms with Gasteiger partial charge in [-0.1, -0.05) is 18.2 Å². The SMILES string of the molecule is CCCN(C(=O)c1cn(-c2cccc(C(F)(F)F)c2)nn1)C1CCNC1.Cl. The average molecular weight is 404 g/mol. The Balaban J connectivity index is 0.00000261. The number of aromatic nitrogens is 3. The van der Waals surface area contributed by atoms with Gasteiger partial charge in [0.05, 0.1) is 17.4 Å². The summed E-state index contributed by atoms with van der Waals surface area (Å²) in [5.41, 5.74) is -0.443. The van der Waals surface area contributed by atoms with Crippen molar-refractivity contribution in [2.45, 2.75) is 32.0 Å². The Hall–Kier alpha value is -2.13. The van der Waals surface area contributed by atoms with E-state index in [9.17, 15) is 18.0 Å². The molecule has 0 spiro atoms. The van der Waals surface area contributed by atoms with E-state index < -0.39 is 11.7 Å². The molecule has 27 heavy (non-hydrogen) atoms. The minimum Gasteiger partial charge on any atom is -0.333 e. The summed E-state index contributed by atoms with van der Waals surface area (Å²) in [4.78, 5) is 14.6. The number of benzene rings is 1. The highest BCUT2D eigenvalue weighted by atomic mass is 35.5. The van der Waals surface area contributed by atoms with Crippen LogP contribution >= 0.6 is 12.4 Å². The normalized spacial score (nSPS) is 16.8. The first-order chi connectivity index (χ1) is 12.4. The molecule has 1 aromatic carbocycles. The van der Waals surface area contributed by atoms with Gasteiger partial charge in [-0.05, 0) is 37.6 Å². The molecule has 0 bridgehead atoms.